The van der Waals surface area contributed by atoms with Crippen molar-refractivity contribution in [3.8, 4) is 5.75 Å². The molecule has 1 aliphatic heterocycles. The molecule has 5 rings (SSSR count). The molecule has 0 spiro atoms. The molecule has 2 aliphatic rings. The van der Waals surface area contributed by atoms with E-state index in [1.54, 1.807) is 49.5 Å². The van der Waals surface area contributed by atoms with Crippen molar-refractivity contribution in [2.24, 2.45) is 23.2 Å². The minimum Gasteiger partial charge on any atom is -0.497 e. The van der Waals surface area contributed by atoms with Crippen LogP contribution in [0.25, 0.3) is 5.65 Å². The first-order valence-electron chi connectivity index (χ1n) is 14.7. The van der Waals surface area contributed by atoms with Crippen molar-refractivity contribution in [1.29, 1.82) is 0 Å². The van der Waals surface area contributed by atoms with Crippen molar-refractivity contribution in [2.75, 3.05) is 13.7 Å². The zero-order valence-electron chi connectivity index (χ0n) is 24.6. The summed E-state index contributed by atoms with van der Waals surface area (Å²) in [5.74, 6) is -0.701. The van der Waals surface area contributed by atoms with Crippen LogP contribution in [-0.4, -0.2) is 56.4 Å². The molecule has 1 aromatic carbocycles. The largest absolute Gasteiger partial charge is 0.497 e. The van der Waals surface area contributed by atoms with Crippen LogP contribution in [0.2, 0.25) is 0 Å². The third-order valence-electron chi connectivity index (χ3n) is 9.03. The van der Waals surface area contributed by atoms with E-state index in [1.807, 2.05) is 0 Å². The van der Waals surface area contributed by atoms with Crippen LogP contribution in [0.15, 0.2) is 42.6 Å². The zero-order chi connectivity index (χ0) is 30.9. The first-order chi connectivity index (χ1) is 20.3. The highest BCUT2D eigenvalue weighted by atomic mass is 19.4. The first kappa shape index (κ1) is 30.6. The SMILES string of the molecule is COc1ccc(CN2C[C@H](C(F)(F)F)CC(C)(Cc3ccc4nc([C@@H](NC(=O)O)C5CCC(C)CC5)cn4n3)C2=O)cc1. The number of likely N-dealkylation sites (tertiary alicyclic amines) is 1. The summed E-state index contributed by atoms with van der Waals surface area (Å²) >= 11 is 0. The lowest BCUT2D eigenvalue weighted by Gasteiger charge is -2.44. The van der Waals surface area contributed by atoms with Gasteiger partial charge in [-0.15, -0.1) is 0 Å². The number of hydrogen-bond donors (Lipinski definition) is 2. The van der Waals surface area contributed by atoms with Gasteiger partial charge in [-0.2, -0.15) is 18.3 Å². The van der Waals surface area contributed by atoms with Crippen LogP contribution in [0.3, 0.4) is 0 Å². The number of ether oxygens (including phenoxy) is 1. The predicted molar refractivity (Wildman–Crippen MR) is 152 cm³/mol. The predicted octanol–water partition coefficient (Wildman–Crippen LogP) is 6.03. The van der Waals surface area contributed by atoms with Crippen LogP contribution in [0, 0.1) is 23.2 Å². The van der Waals surface area contributed by atoms with Gasteiger partial charge in [-0.3, -0.25) is 4.79 Å². The number of halogens is 3. The number of imidazole rings is 1. The average molecular weight is 602 g/mol. The summed E-state index contributed by atoms with van der Waals surface area (Å²) in [6, 6.07) is 9.81. The molecule has 3 heterocycles. The van der Waals surface area contributed by atoms with Gasteiger partial charge in [-0.25, -0.2) is 14.3 Å². The van der Waals surface area contributed by atoms with E-state index < -0.39 is 36.2 Å². The van der Waals surface area contributed by atoms with Crippen LogP contribution < -0.4 is 10.1 Å². The number of aromatic nitrogens is 3. The smallest absolute Gasteiger partial charge is 0.405 e. The number of amides is 2. The molecular formula is C31H38F3N5O4. The maximum absolute atomic E-state index is 14.1. The van der Waals surface area contributed by atoms with Crippen molar-refractivity contribution < 1.29 is 32.6 Å². The third-order valence-corrected chi connectivity index (χ3v) is 9.03. The molecule has 1 saturated carbocycles. The molecule has 3 atom stereocenters. The zero-order valence-corrected chi connectivity index (χ0v) is 24.6. The molecule has 2 amide bonds. The Bertz CT molecular complexity index is 1450. The van der Waals surface area contributed by atoms with E-state index in [2.05, 4.69) is 22.3 Å². The number of carboxylic acid groups (broad SMARTS) is 1. The van der Waals surface area contributed by atoms with Crippen molar-refractivity contribution in [1.82, 2.24) is 24.8 Å². The van der Waals surface area contributed by atoms with Gasteiger partial charge in [0.2, 0.25) is 5.91 Å². The Balaban J connectivity index is 1.39. The van der Waals surface area contributed by atoms with Crippen molar-refractivity contribution in [2.45, 2.75) is 71.1 Å². The van der Waals surface area contributed by atoms with Crippen molar-refractivity contribution >= 4 is 17.6 Å². The molecule has 2 fully saturated rings. The van der Waals surface area contributed by atoms with Crippen LogP contribution in [-0.2, 0) is 17.8 Å². The lowest BCUT2D eigenvalue weighted by molar-refractivity contribution is -0.202. The molecule has 9 nitrogen and oxygen atoms in total. The van der Waals surface area contributed by atoms with Gasteiger partial charge in [0.25, 0.3) is 0 Å². The van der Waals surface area contributed by atoms with E-state index in [0.717, 1.165) is 25.7 Å². The lowest BCUT2D eigenvalue weighted by atomic mass is 9.72. The van der Waals surface area contributed by atoms with Crippen LogP contribution >= 0.6 is 0 Å². The minimum absolute atomic E-state index is 0.0122. The number of alkyl halides is 3. The van der Waals surface area contributed by atoms with Crippen LogP contribution in [0.5, 0.6) is 5.75 Å². The fourth-order valence-electron chi connectivity index (χ4n) is 6.65. The van der Waals surface area contributed by atoms with E-state index in [4.69, 9.17) is 4.74 Å². The molecule has 1 aliphatic carbocycles. The van der Waals surface area contributed by atoms with E-state index in [0.29, 0.717) is 34.3 Å². The average Bonchev–Trinajstić information content (AvgIpc) is 3.37. The molecule has 2 N–H and O–H groups in total. The van der Waals surface area contributed by atoms with Gasteiger partial charge >= 0.3 is 12.3 Å². The quantitative estimate of drug-likeness (QED) is 0.326. The topological polar surface area (TPSA) is 109 Å². The number of carbonyl (C=O) groups excluding carboxylic acids is 1. The van der Waals surface area contributed by atoms with Gasteiger partial charge in [0, 0.05) is 19.5 Å². The van der Waals surface area contributed by atoms with E-state index in [9.17, 15) is 27.9 Å². The Kier molecular flexibility index (Phi) is 8.58. The molecule has 2 aromatic heterocycles. The molecule has 232 valence electrons. The molecule has 0 bridgehead atoms. The number of hydrogen-bond acceptors (Lipinski definition) is 5. The number of rotatable bonds is 8. The molecule has 3 aromatic rings. The summed E-state index contributed by atoms with van der Waals surface area (Å²) in [5.41, 5.74) is 0.876. The highest BCUT2D eigenvalue weighted by Crippen LogP contribution is 2.44. The minimum atomic E-state index is -4.46. The third kappa shape index (κ3) is 6.88. The maximum Gasteiger partial charge on any atom is 0.405 e. The van der Waals surface area contributed by atoms with Crippen molar-refractivity contribution in [3.05, 3.63) is 59.5 Å². The lowest BCUT2D eigenvalue weighted by Crippen LogP contribution is -2.54. The number of nitrogens with one attached hydrogen (secondary N) is 1. The Labute approximate surface area is 248 Å². The molecule has 12 heteroatoms. The number of methoxy groups -OCH3 is 1. The standard InChI is InChI=1S/C31H38F3N5O4/c1-19-4-8-21(9-5-19)27(36-29(41)42)25-18-39-26(35-25)13-10-23(37-39)15-30(2)14-22(31(32,33)34)17-38(28(30)40)16-20-6-11-24(43-3)12-7-20/h6-7,10-13,18-19,21-22,27,36H,4-5,8-9,14-17H2,1-3H3,(H,41,42)/t19?,21?,22-,27+,30?/m1/s1. The molecular weight excluding hydrogens is 563 g/mol. The summed E-state index contributed by atoms with van der Waals surface area (Å²) in [7, 11) is 1.53. The molecule has 1 saturated heterocycles. The number of carbonyl (C=O) groups is 2. The second kappa shape index (κ2) is 12.0. The maximum atomic E-state index is 14.1. The number of fused-ring (bicyclic) bond motifs is 1. The molecule has 0 radical (unpaired) electrons. The van der Waals surface area contributed by atoms with Gasteiger partial charge in [0.1, 0.15) is 5.75 Å². The Morgan fingerprint density at radius 3 is 2.49 bits per heavy atom. The Morgan fingerprint density at radius 1 is 1.16 bits per heavy atom. The molecule has 1 unspecified atom stereocenters. The van der Waals surface area contributed by atoms with Gasteiger partial charge in [-0.05, 0) is 60.9 Å². The first-order valence-corrected chi connectivity index (χ1v) is 14.7. The number of piperidine rings is 1. The number of nitrogens with zero attached hydrogens (tertiary/aromatic N) is 4. The second-order valence-corrected chi connectivity index (χ2v) is 12.5. The summed E-state index contributed by atoms with van der Waals surface area (Å²) < 4.78 is 48.9. The van der Waals surface area contributed by atoms with Gasteiger partial charge in [0.15, 0.2) is 5.65 Å². The number of benzene rings is 1. The van der Waals surface area contributed by atoms with Gasteiger partial charge in [0.05, 0.1) is 42.1 Å². The fourth-order valence-corrected chi connectivity index (χ4v) is 6.65. The van der Waals surface area contributed by atoms with Crippen molar-refractivity contribution in [3.63, 3.8) is 0 Å². The van der Waals surface area contributed by atoms with Gasteiger partial charge < -0.3 is 20.1 Å². The Morgan fingerprint density at radius 2 is 1.86 bits per heavy atom. The summed E-state index contributed by atoms with van der Waals surface area (Å²) in [6.07, 6.45) is -0.447. The second-order valence-electron chi connectivity index (χ2n) is 12.5. The van der Waals surface area contributed by atoms with E-state index in [-0.39, 0.29) is 31.2 Å². The Hall–Kier alpha value is -3.83. The summed E-state index contributed by atoms with van der Waals surface area (Å²) in [4.78, 5) is 31.3. The van der Waals surface area contributed by atoms with E-state index >= 15 is 0 Å². The van der Waals surface area contributed by atoms with E-state index in [1.165, 1.54) is 16.5 Å². The monoisotopic (exact) mass is 601 g/mol. The fraction of sp³-hybridized carbons (Fsp3) is 0.548. The highest BCUT2D eigenvalue weighted by molar-refractivity contribution is 5.83. The summed E-state index contributed by atoms with van der Waals surface area (Å²) in [6.45, 7) is 3.43. The molecule has 43 heavy (non-hydrogen) atoms. The summed E-state index contributed by atoms with van der Waals surface area (Å²) in [5, 5.41) is 16.8. The highest BCUT2D eigenvalue weighted by Gasteiger charge is 2.52. The normalized spacial score (nSPS) is 25.5. The van der Waals surface area contributed by atoms with Crippen LogP contribution in [0.1, 0.15) is 68.9 Å². The van der Waals surface area contributed by atoms with Crippen LogP contribution in [0.4, 0.5) is 18.0 Å². The van der Waals surface area contributed by atoms with Gasteiger partial charge in [-0.1, -0.05) is 38.8 Å².